The Balaban J connectivity index is 1.61. The average Bonchev–Trinajstić information content (AvgIpc) is 2.93. The van der Waals surface area contributed by atoms with Crippen LogP contribution in [0.15, 0.2) is 30.3 Å². The minimum absolute atomic E-state index is 0.0506. The number of hydrogen-bond donors (Lipinski definition) is 1. The lowest BCUT2D eigenvalue weighted by Gasteiger charge is -2.05. The van der Waals surface area contributed by atoms with Crippen molar-refractivity contribution in [2.45, 2.75) is 19.1 Å². The first kappa shape index (κ1) is 15.7. The van der Waals surface area contributed by atoms with Gasteiger partial charge in [-0.3, -0.25) is 0 Å². The van der Waals surface area contributed by atoms with Gasteiger partial charge in [-0.25, -0.2) is 0 Å². The predicted octanol–water partition coefficient (Wildman–Crippen LogP) is 3.12. The molecule has 0 saturated carbocycles. The topological polar surface area (TPSA) is 47.0 Å². The molecule has 0 bridgehead atoms. The van der Waals surface area contributed by atoms with Gasteiger partial charge in [-0.05, 0) is 18.5 Å². The molecule has 0 aliphatic heterocycles. The number of alkyl halides is 3. The second kappa shape index (κ2) is 7.37. The van der Waals surface area contributed by atoms with Crippen molar-refractivity contribution in [3.63, 3.8) is 0 Å². The molecular formula is C13H14F3N3OS. The normalized spacial score (nSPS) is 11.6. The van der Waals surface area contributed by atoms with Crippen LogP contribution in [0, 0.1) is 0 Å². The molecule has 0 amide bonds. The molecule has 0 aliphatic carbocycles. The van der Waals surface area contributed by atoms with Crippen molar-refractivity contribution in [3.05, 3.63) is 40.9 Å². The van der Waals surface area contributed by atoms with Gasteiger partial charge in [0.2, 0.25) is 5.01 Å². The molecule has 4 nitrogen and oxygen atoms in total. The summed E-state index contributed by atoms with van der Waals surface area (Å²) in [6, 6.07) is 9.92. The summed E-state index contributed by atoms with van der Waals surface area (Å²) in [7, 11) is 0. The van der Waals surface area contributed by atoms with E-state index in [1.807, 2.05) is 30.3 Å². The molecule has 8 heteroatoms. The molecule has 0 spiro atoms. The van der Waals surface area contributed by atoms with Gasteiger partial charge in [-0.15, -0.1) is 5.10 Å². The van der Waals surface area contributed by atoms with Crippen molar-refractivity contribution >= 4 is 11.3 Å². The first-order valence-electron chi connectivity index (χ1n) is 6.34. The molecule has 0 unspecified atom stereocenters. The number of halogens is 3. The minimum atomic E-state index is -4.46. The predicted molar refractivity (Wildman–Crippen MR) is 73.2 cm³/mol. The maximum atomic E-state index is 12.3. The van der Waals surface area contributed by atoms with E-state index in [-0.39, 0.29) is 5.19 Å². The summed E-state index contributed by atoms with van der Waals surface area (Å²) in [5.74, 6) is 0. The summed E-state index contributed by atoms with van der Waals surface area (Å²) >= 11 is 0.411. The van der Waals surface area contributed by atoms with Crippen LogP contribution in [0.2, 0.25) is 0 Å². The number of rotatable bonds is 7. The number of hydrogen-bond acceptors (Lipinski definition) is 5. The van der Waals surface area contributed by atoms with Crippen LogP contribution in [0.5, 0.6) is 5.19 Å². The van der Waals surface area contributed by atoms with Gasteiger partial charge >= 0.3 is 6.18 Å². The van der Waals surface area contributed by atoms with E-state index in [0.717, 1.165) is 6.54 Å². The van der Waals surface area contributed by atoms with Gasteiger partial charge in [0, 0.05) is 6.54 Å². The van der Waals surface area contributed by atoms with Crippen LogP contribution < -0.4 is 10.1 Å². The van der Waals surface area contributed by atoms with Gasteiger partial charge in [-0.1, -0.05) is 46.8 Å². The van der Waals surface area contributed by atoms with Gasteiger partial charge < -0.3 is 10.1 Å². The van der Waals surface area contributed by atoms with Crippen molar-refractivity contribution in [2.75, 3.05) is 13.2 Å². The summed E-state index contributed by atoms with van der Waals surface area (Å²) in [5, 5.41) is 8.59. The second-order valence-corrected chi connectivity index (χ2v) is 5.18. The van der Waals surface area contributed by atoms with Crippen LogP contribution in [0.4, 0.5) is 13.2 Å². The lowest BCUT2D eigenvalue weighted by Crippen LogP contribution is -2.16. The Hall–Kier alpha value is -1.67. The van der Waals surface area contributed by atoms with E-state index in [2.05, 4.69) is 15.5 Å². The van der Waals surface area contributed by atoms with Gasteiger partial charge in [0.25, 0.3) is 5.19 Å². The van der Waals surface area contributed by atoms with Crippen LogP contribution in [0.1, 0.15) is 17.0 Å². The van der Waals surface area contributed by atoms with Crippen LogP contribution in [0.25, 0.3) is 0 Å². The smallest absolute Gasteiger partial charge is 0.445 e. The first-order valence-corrected chi connectivity index (χ1v) is 7.15. The summed E-state index contributed by atoms with van der Waals surface area (Å²) in [4.78, 5) is 0. The minimum Gasteiger partial charge on any atom is -0.469 e. The standard InChI is InChI=1S/C13H14F3N3OS/c14-13(15,16)11-18-19-12(21-11)20-8-4-7-17-9-10-5-2-1-3-6-10/h1-3,5-6,17H,4,7-9H2. The third kappa shape index (κ3) is 5.31. The molecule has 2 aromatic rings. The lowest BCUT2D eigenvalue weighted by molar-refractivity contribution is -0.138. The van der Waals surface area contributed by atoms with E-state index in [1.54, 1.807) is 0 Å². The summed E-state index contributed by atoms with van der Waals surface area (Å²) < 4.78 is 42.0. The Labute approximate surface area is 124 Å². The molecule has 1 aromatic carbocycles. The average molecular weight is 317 g/mol. The van der Waals surface area contributed by atoms with E-state index in [9.17, 15) is 13.2 Å². The van der Waals surface area contributed by atoms with Crippen molar-refractivity contribution < 1.29 is 17.9 Å². The molecular weight excluding hydrogens is 303 g/mol. The van der Waals surface area contributed by atoms with Crippen molar-refractivity contribution in [1.29, 1.82) is 0 Å². The number of benzene rings is 1. The van der Waals surface area contributed by atoms with Gasteiger partial charge in [-0.2, -0.15) is 13.2 Å². The van der Waals surface area contributed by atoms with Crippen molar-refractivity contribution in [2.24, 2.45) is 0 Å². The van der Waals surface area contributed by atoms with Gasteiger partial charge in [0.05, 0.1) is 6.61 Å². The summed E-state index contributed by atoms with van der Waals surface area (Å²) in [6.45, 7) is 1.76. The lowest BCUT2D eigenvalue weighted by atomic mass is 10.2. The third-order valence-electron chi connectivity index (χ3n) is 2.54. The number of nitrogens with one attached hydrogen (secondary N) is 1. The highest BCUT2D eigenvalue weighted by Crippen LogP contribution is 2.33. The maximum absolute atomic E-state index is 12.3. The molecule has 21 heavy (non-hydrogen) atoms. The Bertz CT molecular complexity index is 545. The Kier molecular flexibility index (Phi) is 5.51. The molecule has 1 N–H and O–H groups in total. The van der Waals surface area contributed by atoms with Gasteiger partial charge in [0.15, 0.2) is 0 Å². The highest BCUT2D eigenvalue weighted by Gasteiger charge is 2.35. The van der Waals surface area contributed by atoms with Crippen LogP contribution >= 0.6 is 11.3 Å². The fourth-order valence-corrected chi connectivity index (χ4v) is 2.15. The highest BCUT2D eigenvalue weighted by molar-refractivity contribution is 7.13. The van der Waals surface area contributed by atoms with Crippen LogP contribution in [-0.4, -0.2) is 23.3 Å². The van der Waals surface area contributed by atoms with Crippen LogP contribution in [-0.2, 0) is 12.7 Å². The van der Waals surface area contributed by atoms with Crippen molar-refractivity contribution in [3.8, 4) is 5.19 Å². The Morgan fingerprint density at radius 1 is 1.14 bits per heavy atom. The Morgan fingerprint density at radius 3 is 2.57 bits per heavy atom. The molecule has 114 valence electrons. The van der Waals surface area contributed by atoms with Crippen molar-refractivity contribution in [1.82, 2.24) is 15.5 Å². The molecule has 0 radical (unpaired) electrons. The van der Waals surface area contributed by atoms with E-state index in [0.29, 0.717) is 30.9 Å². The van der Waals surface area contributed by atoms with E-state index < -0.39 is 11.2 Å². The molecule has 0 atom stereocenters. The van der Waals surface area contributed by atoms with E-state index >= 15 is 0 Å². The number of ether oxygens (including phenoxy) is 1. The Morgan fingerprint density at radius 2 is 1.90 bits per heavy atom. The molecule has 0 saturated heterocycles. The maximum Gasteiger partial charge on any atom is 0.445 e. The zero-order chi connectivity index (χ0) is 15.1. The zero-order valence-corrected chi connectivity index (χ0v) is 11.9. The highest BCUT2D eigenvalue weighted by atomic mass is 32.1. The molecule has 2 rings (SSSR count). The third-order valence-corrected chi connectivity index (χ3v) is 3.42. The van der Waals surface area contributed by atoms with E-state index in [4.69, 9.17) is 4.74 Å². The monoisotopic (exact) mass is 317 g/mol. The SMILES string of the molecule is FC(F)(F)c1nnc(OCCCNCc2ccccc2)s1. The fourth-order valence-electron chi connectivity index (χ4n) is 1.57. The fraction of sp³-hybridized carbons (Fsp3) is 0.385. The number of aromatic nitrogens is 2. The molecule has 1 aromatic heterocycles. The summed E-state index contributed by atoms with van der Waals surface area (Å²) in [6.07, 6.45) is -3.79. The van der Waals surface area contributed by atoms with E-state index in [1.165, 1.54) is 5.56 Å². The second-order valence-electron chi connectivity index (χ2n) is 4.24. The molecule has 1 heterocycles. The van der Waals surface area contributed by atoms with Crippen LogP contribution in [0.3, 0.4) is 0 Å². The summed E-state index contributed by atoms with van der Waals surface area (Å²) in [5.41, 5.74) is 1.18. The zero-order valence-electron chi connectivity index (χ0n) is 11.1. The largest absolute Gasteiger partial charge is 0.469 e. The molecule has 0 aliphatic rings. The quantitative estimate of drug-likeness (QED) is 0.797. The van der Waals surface area contributed by atoms with Gasteiger partial charge in [0.1, 0.15) is 0 Å². The first-order chi connectivity index (χ1) is 10.1. The number of nitrogens with zero attached hydrogens (tertiary/aromatic N) is 2. The molecule has 0 fully saturated rings.